The van der Waals surface area contributed by atoms with Crippen LogP contribution in [0.25, 0.3) is 0 Å². The summed E-state index contributed by atoms with van der Waals surface area (Å²) >= 11 is 0. The molecule has 1 fully saturated rings. The van der Waals surface area contributed by atoms with Crippen molar-refractivity contribution < 1.29 is 5.11 Å². The van der Waals surface area contributed by atoms with Crippen LogP contribution in [0.1, 0.15) is 25.0 Å². The summed E-state index contributed by atoms with van der Waals surface area (Å²) in [6.45, 7) is 8.73. The topological polar surface area (TPSA) is 30.0 Å². The number of benzene rings is 1. The van der Waals surface area contributed by atoms with Crippen molar-refractivity contribution in [3.8, 4) is 0 Å². The van der Waals surface area contributed by atoms with Crippen molar-refractivity contribution in [1.82, 2.24) is 9.80 Å². The van der Waals surface area contributed by atoms with E-state index >= 15 is 0 Å². The van der Waals surface area contributed by atoms with Gasteiger partial charge in [0.1, 0.15) is 0 Å². The Balaban J connectivity index is 1.84. The van der Waals surface area contributed by atoms with Crippen LogP contribution in [0.15, 0.2) is 24.3 Å². The molecule has 1 aromatic rings. The molecule has 118 valence electrons. The van der Waals surface area contributed by atoms with Crippen LogP contribution >= 0.6 is 0 Å². The lowest BCUT2D eigenvalue weighted by Crippen LogP contribution is -2.48. The predicted octanol–water partition coefficient (Wildman–Crippen LogP) is 1.81. The van der Waals surface area contributed by atoms with Crippen LogP contribution in [-0.4, -0.2) is 68.3 Å². The van der Waals surface area contributed by atoms with E-state index in [-0.39, 0.29) is 6.10 Å². The number of piperazine rings is 1. The smallest absolute Gasteiger partial charge is 0.0787 e. The number of nitrogens with zero attached hydrogens (tertiary/aromatic N) is 3. The fourth-order valence-electron chi connectivity index (χ4n) is 2.71. The highest BCUT2D eigenvalue weighted by atomic mass is 16.3. The third kappa shape index (κ3) is 4.70. The Labute approximate surface area is 129 Å². The SMILES string of the molecule is CCC(O)c1ccc(N2CCN(CCN(C)C)CC2)cc1. The van der Waals surface area contributed by atoms with Crippen LogP contribution in [0, 0.1) is 0 Å². The highest BCUT2D eigenvalue weighted by Crippen LogP contribution is 2.21. The second-order valence-electron chi connectivity index (χ2n) is 6.15. The van der Waals surface area contributed by atoms with Gasteiger partial charge in [0.05, 0.1) is 6.10 Å². The second kappa shape index (κ2) is 7.78. The summed E-state index contributed by atoms with van der Waals surface area (Å²) in [6, 6.07) is 8.40. The van der Waals surface area contributed by atoms with Crippen LogP contribution in [0.3, 0.4) is 0 Å². The summed E-state index contributed by atoms with van der Waals surface area (Å²) < 4.78 is 0. The minimum absolute atomic E-state index is 0.332. The van der Waals surface area contributed by atoms with E-state index in [1.165, 1.54) is 5.69 Å². The first-order valence-electron chi connectivity index (χ1n) is 8.00. The van der Waals surface area contributed by atoms with Crippen molar-refractivity contribution in [1.29, 1.82) is 0 Å². The number of hydrogen-bond acceptors (Lipinski definition) is 4. The molecule has 1 saturated heterocycles. The summed E-state index contributed by atoms with van der Waals surface area (Å²) in [5.74, 6) is 0. The fraction of sp³-hybridized carbons (Fsp3) is 0.647. The molecule has 21 heavy (non-hydrogen) atoms. The quantitative estimate of drug-likeness (QED) is 0.866. The van der Waals surface area contributed by atoms with Crippen LogP contribution in [-0.2, 0) is 0 Å². The Bertz CT molecular complexity index is 411. The molecule has 1 aromatic carbocycles. The average Bonchev–Trinajstić information content (AvgIpc) is 2.53. The van der Waals surface area contributed by atoms with Crippen molar-refractivity contribution in [3.05, 3.63) is 29.8 Å². The van der Waals surface area contributed by atoms with Gasteiger partial charge in [-0.05, 0) is 38.2 Å². The van der Waals surface area contributed by atoms with E-state index in [1.54, 1.807) is 0 Å². The van der Waals surface area contributed by atoms with Crippen molar-refractivity contribution in [2.24, 2.45) is 0 Å². The van der Waals surface area contributed by atoms with Gasteiger partial charge >= 0.3 is 0 Å². The fourth-order valence-corrected chi connectivity index (χ4v) is 2.71. The van der Waals surface area contributed by atoms with E-state index in [0.717, 1.165) is 51.3 Å². The molecule has 0 saturated carbocycles. The molecule has 4 heteroatoms. The number of hydrogen-bond donors (Lipinski definition) is 1. The molecule has 1 N–H and O–H groups in total. The number of aliphatic hydroxyl groups excluding tert-OH is 1. The van der Waals surface area contributed by atoms with Crippen molar-refractivity contribution in [3.63, 3.8) is 0 Å². The summed E-state index contributed by atoms with van der Waals surface area (Å²) in [7, 11) is 4.26. The molecule has 0 amide bonds. The molecule has 2 rings (SSSR count). The van der Waals surface area contributed by atoms with E-state index in [4.69, 9.17) is 0 Å². The molecule has 0 radical (unpaired) electrons. The first kappa shape index (κ1) is 16.3. The zero-order valence-electron chi connectivity index (χ0n) is 13.6. The summed E-state index contributed by atoms with van der Waals surface area (Å²) in [6.07, 6.45) is 0.436. The van der Waals surface area contributed by atoms with Gasteiger partial charge < -0.3 is 14.9 Å². The zero-order chi connectivity index (χ0) is 15.2. The third-order valence-corrected chi connectivity index (χ3v) is 4.27. The normalized spacial score (nSPS) is 18.2. The lowest BCUT2D eigenvalue weighted by Gasteiger charge is -2.36. The standard InChI is InChI=1S/C17H29N3O/c1-4-17(21)15-5-7-16(8-6-15)20-13-11-19(12-14-20)10-9-18(2)3/h5-8,17,21H,4,9-14H2,1-3H3. The minimum Gasteiger partial charge on any atom is -0.388 e. The highest BCUT2D eigenvalue weighted by molar-refractivity contribution is 5.48. The Morgan fingerprint density at radius 2 is 1.71 bits per heavy atom. The van der Waals surface area contributed by atoms with E-state index in [0.29, 0.717) is 0 Å². The molecule has 0 aliphatic carbocycles. The first-order chi connectivity index (χ1) is 10.1. The van der Waals surface area contributed by atoms with E-state index in [1.807, 2.05) is 6.92 Å². The number of aliphatic hydroxyl groups is 1. The van der Waals surface area contributed by atoms with E-state index in [9.17, 15) is 5.11 Å². The lowest BCUT2D eigenvalue weighted by molar-refractivity contribution is 0.173. The van der Waals surface area contributed by atoms with Gasteiger partial charge in [-0.2, -0.15) is 0 Å². The third-order valence-electron chi connectivity index (χ3n) is 4.27. The zero-order valence-corrected chi connectivity index (χ0v) is 13.6. The van der Waals surface area contributed by atoms with Gasteiger partial charge in [-0.25, -0.2) is 0 Å². The molecular weight excluding hydrogens is 262 g/mol. The Kier molecular flexibility index (Phi) is 6.03. The maximum atomic E-state index is 9.84. The van der Waals surface area contributed by atoms with Gasteiger partial charge in [0, 0.05) is 45.0 Å². The van der Waals surface area contributed by atoms with Gasteiger partial charge in [0.15, 0.2) is 0 Å². The van der Waals surface area contributed by atoms with Gasteiger partial charge in [0.2, 0.25) is 0 Å². The van der Waals surface area contributed by atoms with Gasteiger partial charge in [0.25, 0.3) is 0 Å². The summed E-state index contributed by atoms with van der Waals surface area (Å²) in [5, 5.41) is 9.84. The minimum atomic E-state index is -0.332. The Morgan fingerprint density at radius 3 is 2.24 bits per heavy atom. The van der Waals surface area contributed by atoms with E-state index < -0.39 is 0 Å². The number of likely N-dealkylation sites (N-methyl/N-ethyl adjacent to an activating group) is 1. The largest absolute Gasteiger partial charge is 0.388 e. The monoisotopic (exact) mass is 291 g/mol. The molecule has 4 nitrogen and oxygen atoms in total. The van der Waals surface area contributed by atoms with Gasteiger partial charge in [-0.1, -0.05) is 19.1 Å². The molecule has 1 heterocycles. The van der Waals surface area contributed by atoms with Crippen molar-refractivity contribution in [2.75, 3.05) is 58.3 Å². The molecule has 0 spiro atoms. The second-order valence-corrected chi connectivity index (χ2v) is 6.15. The average molecular weight is 291 g/mol. The molecule has 0 bridgehead atoms. The molecule has 0 aromatic heterocycles. The van der Waals surface area contributed by atoms with Crippen LogP contribution in [0.2, 0.25) is 0 Å². The molecule has 1 aliphatic rings. The van der Waals surface area contributed by atoms with Gasteiger partial charge in [-0.15, -0.1) is 0 Å². The number of rotatable bonds is 6. The van der Waals surface area contributed by atoms with Crippen LogP contribution in [0.5, 0.6) is 0 Å². The summed E-state index contributed by atoms with van der Waals surface area (Å²) in [4.78, 5) is 7.21. The maximum Gasteiger partial charge on any atom is 0.0787 e. The van der Waals surface area contributed by atoms with Gasteiger partial charge in [-0.3, -0.25) is 4.90 Å². The van der Waals surface area contributed by atoms with Crippen LogP contribution < -0.4 is 4.90 Å². The molecule has 1 aliphatic heterocycles. The maximum absolute atomic E-state index is 9.84. The summed E-state index contributed by atoms with van der Waals surface area (Å²) in [5.41, 5.74) is 2.29. The predicted molar refractivity (Wildman–Crippen MR) is 88.9 cm³/mol. The van der Waals surface area contributed by atoms with Crippen molar-refractivity contribution in [2.45, 2.75) is 19.4 Å². The number of anilines is 1. The molecular formula is C17H29N3O. The Hall–Kier alpha value is -1.10. The Morgan fingerprint density at radius 1 is 1.10 bits per heavy atom. The van der Waals surface area contributed by atoms with E-state index in [2.05, 4.69) is 53.1 Å². The lowest BCUT2D eigenvalue weighted by atomic mass is 10.1. The highest BCUT2D eigenvalue weighted by Gasteiger charge is 2.17. The molecule has 1 unspecified atom stereocenters. The van der Waals surface area contributed by atoms with Crippen molar-refractivity contribution >= 4 is 5.69 Å². The first-order valence-corrected chi connectivity index (χ1v) is 8.00. The van der Waals surface area contributed by atoms with Crippen LogP contribution in [0.4, 0.5) is 5.69 Å². The molecule has 1 atom stereocenters.